The summed E-state index contributed by atoms with van der Waals surface area (Å²) in [5, 5.41) is 88.4. The number of unbranched alkanes of at least 4 members (excludes halogenated alkanes) is 1. The lowest BCUT2D eigenvalue weighted by Gasteiger charge is -2.38. The number of nitrogens with one attached hydrogen (secondary N) is 3. The average molecular weight is 1320 g/mol. The molecule has 2 aromatic rings. The smallest absolute Gasteiger partial charge is 0.335 e. The maximum Gasteiger partial charge on any atom is 0.335 e. The number of ether oxygens (including phenoxy) is 12. The molecule has 34 nitrogen and oxygen atoms in total. The van der Waals surface area contributed by atoms with Crippen molar-refractivity contribution in [3.63, 3.8) is 0 Å². The fourth-order valence-electron chi connectivity index (χ4n) is 8.68. The number of hydrogen-bond donors (Lipinski definition) is 12. The lowest BCUT2D eigenvalue weighted by molar-refractivity contribution is -0.271. The van der Waals surface area contributed by atoms with Gasteiger partial charge in [0.25, 0.3) is 5.91 Å². The first-order valence-corrected chi connectivity index (χ1v) is 29.4. The molecule has 2 fully saturated rings. The van der Waals surface area contributed by atoms with Crippen molar-refractivity contribution in [2.45, 2.75) is 139 Å². The van der Waals surface area contributed by atoms with Gasteiger partial charge in [0.1, 0.15) is 74.6 Å². The first-order chi connectivity index (χ1) is 44.0. The molecule has 11 atom stereocenters. The molecule has 0 unspecified atom stereocenters. The topological polar surface area (TPSA) is 498 Å². The highest BCUT2D eigenvalue weighted by atomic mass is 16.7. The number of aliphatic hydroxyl groups is 6. The van der Waals surface area contributed by atoms with Crippen molar-refractivity contribution >= 4 is 53.2 Å². The quantitative estimate of drug-likeness (QED) is 0.0135. The molecule has 13 N–H and O–H groups in total. The number of carbonyl (C=O) groups is 9. The van der Waals surface area contributed by atoms with Crippen molar-refractivity contribution in [1.82, 2.24) is 16.0 Å². The van der Waals surface area contributed by atoms with E-state index in [2.05, 4.69) is 20.8 Å². The van der Waals surface area contributed by atoms with E-state index < -0.39 is 121 Å². The maximum absolute atomic E-state index is 13.5. The van der Waals surface area contributed by atoms with Crippen molar-refractivity contribution in [2.75, 3.05) is 99.0 Å². The number of aliphatic carboxylic acids is 2. The first kappa shape index (κ1) is 77.5. The van der Waals surface area contributed by atoms with Crippen LogP contribution in [0.2, 0.25) is 0 Å². The lowest BCUT2D eigenvalue weighted by atomic mass is 9.98. The van der Waals surface area contributed by atoms with Gasteiger partial charge in [-0.1, -0.05) is 12.1 Å². The first-order valence-electron chi connectivity index (χ1n) is 29.4. The molecule has 4 rings (SSSR count). The average Bonchev–Trinajstić information content (AvgIpc) is 0.821. The van der Waals surface area contributed by atoms with Crippen LogP contribution in [0.15, 0.2) is 36.4 Å². The number of aliphatic hydroxyl groups excluding tert-OH is 6. The molecule has 0 spiro atoms. The van der Waals surface area contributed by atoms with Crippen LogP contribution < -0.4 is 31.3 Å². The van der Waals surface area contributed by atoms with E-state index in [0.29, 0.717) is 30.4 Å². The van der Waals surface area contributed by atoms with E-state index in [4.69, 9.17) is 62.7 Å². The van der Waals surface area contributed by atoms with E-state index >= 15 is 0 Å². The van der Waals surface area contributed by atoms with E-state index in [-0.39, 0.29) is 160 Å². The summed E-state index contributed by atoms with van der Waals surface area (Å²) in [6, 6.07) is 7.27. The monoisotopic (exact) mass is 1320 g/mol. The summed E-state index contributed by atoms with van der Waals surface area (Å²) in [6.07, 6.45) is -17.7. The van der Waals surface area contributed by atoms with Gasteiger partial charge in [0.05, 0.1) is 76.6 Å². The molecular weight excluding hydrogens is 1230 g/mol. The largest absolute Gasteiger partial charge is 0.479 e. The Hall–Kier alpha value is -6.97. The molecule has 2 heterocycles. The predicted molar refractivity (Wildman–Crippen MR) is 308 cm³/mol. The standard InChI is InChI=1S/C58H84N4O30/c1-33(63)86-29-35-10-12-42(89-57-50(73)46(69)48(71)52(91-57)55(76)77)37(27-35)40(65)8-5-16-81-21-23-85-32-45(68)62-39(41(66)9-6-17-80-19-20-83-25-26-88-59)7-3-4-14-60-44(67)31-84-24-22-82-18-15-61-54(75)38-28-36(30-87-34(2)64)11-13-43(38)90-58-51(74)47(70)49(72)53(92-58)56(78)79/h10-13,27-28,39,46-53,57-58,69-74H,3-9,14-26,29-32,59H2,1-2H3,(H,60,67)(H,61,75)(H,62,68)(H,76,77)(H,78,79)/t39-,46+,47+,48+,49+,50-,51-,52+,53+,57-,58-/m1/s1. The molecule has 2 aliphatic heterocycles. The van der Waals surface area contributed by atoms with Crippen LogP contribution >= 0.6 is 0 Å². The zero-order valence-electron chi connectivity index (χ0n) is 50.9. The summed E-state index contributed by atoms with van der Waals surface area (Å²) < 4.78 is 64.5. The second-order valence-electron chi connectivity index (χ2n) is 20.7. The normalized spacial score (nSPS) is 21.5. The van der Waals surface area contributed by atoms with Gasteiger partial charge in [-0.25, -0.2) is 15.5 Å². The highest BCUT2D eigenvalue weighted by Gasteiger charge is 2.49. The van der Waals surface area contributed by atoms with Crippen LogP contribution in [0.5, 0.6) is 11.5 Å². The van der Waals surface area contributed by atoms with Crippen molar-refractivity contribution in [3.05, 3.63) is 58.7 Å². The van der Waals surface area contributed by atoms with Gasteiger partial charge in [-0.3, -0.25) is 33.6 Å². The van der Waals surface area contributed by atoms with Crippen molar-refractivity contribution < 1.29 is 146 Å². The SMILES string of the molecule is CC(=O)OCc1ccc(O[C@@H]2O[C@H](C(=O)O)[C@@H](O)[C@H](O)[C@H]2O)c(C(=O)CCCOCCOCC(=O)N[C@H](CCCCNC(=O)COCCOCCNC(=O)c2cc(COC(C)=O)ccc2O[C@@H]2O[C@H](C(=O)O)[C@@H](O)[C@H](O)[C@H]2O)C(=O)CCCOCCOCCON)c1. The van der Waals surface area contributed by atoms with Crippen molar-refractivity contribution in [2.24, 2.45) is 5.90 Å². The van der Waals surface area contributed by atoms with Gasteiger partial charge in [0.15, 0.2) is 23.8 Å². The number of hydrogen-bond acceptors (Lipinski definition) is 29. The maximum atomic E-state index is 13.5. The number of rotatable bonds is 46. The molecule has 0 radical (unpaired) electrons. The minimum Gasteiger partial charge on any atom is -0.479 e. The summed E-state index contributed by atoms with van der Waals surface area (Å²) in [4.78, 5) is 116. The number of carbonyl (C=O) groups excluding carboxylic acids is 7. The number of Topliss-reactive ketones (excluding diaryl/α,β-unsaturated/α-hetero) is 2. The molecule has 34 heteroatoms. The van der Waals surface area contributed by atoms with Crippen LogP contribution in [-0.4, -0.2) is 260 Å². The predicted octanol–water partition coefficient (Wildman–Crippen LogP) is -3.14. The van der Waals surface area contributed by atoms with Gasteiger partial charge < -0.3 is 118 Å². The third-order valence-corrected chi connectivity index (χ3v) is 13.5. The molecule has 0 saturated carbocycles. The van der Waals surface area contributed by atoms with Crippen LogP contribution in [0.3, 0.4) is 0 Å². The molecule has 516 valence electrons. The van der Waals surface area contributed by atoms with Gasteiger partial charge in [-0.2, -0.15) is 0 Å². The molecule has 2 aliphatic rings. The number of benzene rings is 2. The fraction of sp³-hybridized carbons (Fsp3) is 0.638. The molecule has 3 amide bonds. The number of esters is 2. The number of carboxylic acid groups (broad SMARTS) is 2. The second-order valence-corrected chi connectivity index (χ2v) is 20.7. The molecule has 0 bridgehead atoms. The van der Waals surface area contributed by atoms with Gasteiger partial charge in [-0.05, 0) is 67.5 Å². The number of ketones is 2. The second kappa shape index (κ2) is 42.3. The van der Waals surface area contributed by atoms with E-state index in [1.807, 2.05) is 0 Å². The Kier molecular flexibility index (Phi) is 35.6. The summed E-state index contributed by atoms with van der Waals surface area (Å²) in [5.41, 5.74) is 0.546. The summed E-state index contributed by atoms with van der Waals surface area (Å²) in [6.45, 7) is 2.73. The minimum atomic E-state index is -1.98. The number of carboxylic acids is 2. The third kappa shape index (κ3) is 27.7. The zero-order chi connectivity index (χ0) is 67.5. The minimum absolute atomic E-state index is 0.00281. The van der Waals surface area contributed by atoms with E-state index in [9.17, 15) is 84.0 Å². The van der Waals surface area contributed by atoms with Crippen molar-refractivity contribution in [3.8, 4) is 11.5 Å². The Morgan fingerprint density at radius 1 is 0.511 bits per heavy atom. The van der Waals surface area contributed by atoms with Gasteiger partial charge in [0.2, 0.25) is 24.4 Å². The van der Waals surface area contributed by atoms with E-state index in [0.717, 1.165) is 0 Å². The van der Waals surface area contributed by atoms with Crippen LogP contribution in [-0.2, 0) is 99.0 Å². The molecule has 2 aromatic carbocycles. The molecule has 92 heavy (non-hydrogen) atoms. The van der Waals surface area contributed by atoms with Crippen LogP contribution in [0, 0.1) is 0 Å². The highest BCUT2D eigenvalue weighted by Crippen LogP contribution is 2.31. The molecular formula is C58H84N4O30. The summed E-state index contributed by atoms with van der Waals surface area (Å²) in [5.74, 6) is -2.34. The molecule has 2 saturated heterocycles. The molecule has 0 aliphatic carbocycles. The van der Waals surface area contributed by atoms with Crippen LogP contribution in [0.4, 0.5) is 0 Å². The Bertz CT molecular complexity index is 2670. The fourth-order valence-corrected chi connectivity index (χ4v) is 8.68. The zero-order valence-corrected chi connectivity index (χ0v) is 50.9. The van der Waals surface area contributed by atoms with Gasteiger partial charge in [0, 0.05) is 53.0 Å². The van der Waals surface area contributed by atoms with E-state index in [1.54, 1.807) is 0 Å². The Morgan fingerprint density at radius 3 is 1.50 bits per heavy atom. The Labute approximate surface area is 527 Å². The van der Waals surface area contributed by atoms with Crippen molar-refractivity contribution in [1.29, 1.82) is 0 Å². The Morgan fingerprint density at radius 2 is 0.978 bits per heavy atom. The van der Waals surface area contributed by atoms with Gasteiger partial charge >= 0.3 is 23.9 Å². The lowest BCUT2D eigenvalue weighted by Crippen LogP contribution is -2.61. The van der Waals surface area contributed by atoms with E-state index in [1.165, 1.54) is 50.2 Å². The third-order valence-electron chi connectivity index (χ3n) is 13.5. The Balaban J connectivity index is 1.16. The number of amides is 3. The van der Waals surface area contributed by atoms with Crippen LogP contribution in [0.1, 0.15) is 90.6 Å². The van der Waals surface area contributed by atoms with Gasteiger partial charge in [-0.15, -0.1) is 0 Å². The molecule has 0 aromatic heterocycles. The number of nitrogens with two attached hydrogens (primary N) is 1. The van der Waals surface area contributed by atoms with Crippen LogP contribution in [0.25, 0.3) is 0 Å². The highest BCUT2D eigenvalue weighted by molar-refractivity contribution is 5.99. The summed E-state index contributed by atoms with van der Waals surface area (Å²) in [7, 11) is 0. The summed E-state index contributed by atoms with van der Waals surface area (Å²) >= 11 is 0.